The molecule has 18 heavy (non-hydrogen) atoms. The van der Waals surface area contributed by atoms with Gasteiger partial charge in [0.05, 0.1) is 5.56 Å². The van der Waals surface area contributed by atoms with E-state index in [1.54, 1.807) is 17.0 Å². The molecule has 0 saturated carbocycles. The predicted molar refractivity (Wildman–Crippen MR) is 71.0 cm³/mol. The minimum atomic E-state index is -0.589. The summed E-state index contributed by atoms with van der Waals surface area (Å²) in [6.07, 6.45) is 5.10. The molecule has 0 saturated heterocycles. The third kappa shape index (κ3) is 2.68. The summed E-state index contributed by atoms with van der Waals surface area (Å²) >= 11 is 5.46. The smallest absolute Gasteiger partial charge is 0.269 e. The van der Waals surface area contributed by atoms with Crippen LogP contribution in [0.2, 0.25) is 0 Å². The van der Waals surface area contributed by atoms with Crippen LogP contribution in [0.1, 0.15) is 21.6 Å². The average molecular weight is 257 g/mol. The maximum atomic E-state index is 11.2. The van der Waals surface area contributed by atoms with E-state index in [-0.39, 0.29) is 5.69 Å². The highest BCUT2D eigenvalue weighted by molar-refractivity contribution is 6.67. The van der Waals surface area contributed by atoms with Crippen molar-refractivity contribution in [2.24, 2.45) is 0 Å². The standard InChI is InChI=1S/C14H9ClN2O/c15-14(18)13-8-12(9-16)10-17(13)7-6-11-4-2-1-3-5-11/h1-8,10H. The van der Waals surface area contributed by atoms with Gasteiger partial charge in [-0.25, -0.2) is 0 Å². The van der Waals surface area contributed by atoms with Gasteiger partial charge in [0.25, 0.3) is 5.24 Å². The monoisotopic (exact) mass is 256 g/mol. The van der Waals surface area contributed by atoms with Crippen LogP contribution in [0.5, 0.6) is 0 Å². The predicted octanol–water partition coefficient (Wildman–Crippen LogP) is 3.37. The van der Waals surface area contributed by atoms with Gasteiger partial charge in [-0.2, -0.15) is 5.26 Å². The minimum absolute atomic E-state index is 0.278. The number of aromatic nitrogens is 1. The number of carbonyl (C=O) groups excluding carboxylic acids is 1. The zero-order valence-electron chi connectivity index (χ0n) is 9.38. The van der Waals surface area contributed by atoms with Gasteiger partial charge in [-0.05, 0) is 29.3 Å². The first-order chi connectivity index (χ1) is 8.70. The molecule has 88 valence electrons. The van der Waals surface area contributed by atoms with Gasteiger partial charge >= 0.3 is 0 Å². The van der Waals surface area contributed by atoms with E-state index >= 15 is 0 Å². The molecule has 1 heterocycles. The molecule has 0 aliphatic carbocycles. The number of hydrogen-bond donors (Lipinski definition) is 0. The Bertz CT molecular complexity index is 636. The van der Waals surface area contributed by atoms with Crippen LogP contribution in [0.3, 0.4) is 0 Å². The Kier molecular flexibility index (Phi) is 3.61. The molecule has 1 aromatic carbocycles. The van der Waals surface area contributed by atoms with Crippen molar-refractivity contribution >= 4 is 29.1 Å². The average Bonchev–Trinajstić information content (AvgIpc) is 2.81. The minimum Gasteiger partial charge on any atom is -0.318 e. The number of hydrogen-bond acceptors (Lipinski definition) is 2. The van der Waals surface area contributed by atoms with Crippen molar-refractivity contribution in [3.63, 3.8) is 0 Å². The Labute approximate surface area is 110 Å². The zero-order valence-corrected chi connectivity index (χ0v) is 10.1. The molecule has 0 spiro atoms. The van der Waals surface area contributed by atoms with Crippen molar-refractivity contribution in [2.45, 2.75) is 0 Å². The second-order valence-electron chi connectivity index (χ2n) is 3.63. The third-order valence-corrected chi connectivity index (χ3v) is 2.60. The van der Waals surface area contributed by atoms with Crippen LogP contribution in [0.25, 0.3) is 12.3 Å². The van der Waals surface area contributed by atoms with Crippen LogP contribution < -0.4 is 0 Å². The molecule has 0 aliphatic rings. The van der Waals surface area contributed by atoms with Crippen LogP contribution in [-0.4, -0.2) is 9.81 Å². The molecule has 0 fully saturated rings. The van der Waals surface area contributed by atoms with Gasteiger partial charge in [-0.1, -0.05) is 30.3 Å². The lowest BCUT2D eigenvalue weighted by Gasteiger charge is -1.98. The first kappa shape index (κ1) is 12.2. The topological polar surface area (TPSA) is 45.8 Å². The Morgan fingerprint density at radius 3 is 2.67 bits per heavy atom. The van der Waals surface area contributed by atoms with E-state index in [1.807, 2.05) is 42.5 Å². The summed E-state index contributed by atoms with van der Waals surface area (Å²) in [6.45, 7) is 0. The summed E-state index contributed by atoms with van der Waals surface area (Å²) in [5.74, 6) is 0. The van der Waals surface area contributed by atoms with Crippen LogP contribution >= 0.6 is 11.6 Å². The summed E-state index contributed by atoms with van der Waals surface area (Å²) in [7, 11) is 0. The lowest BCUT2D eigenvalue weighted by atomic mass is 10.2. The fourth-order valence-electron chi connectivity index (χ4n) is 1.55. The second kappa shape index (κ2) is 5.35. The molecule has 3 nitrogen and oxygen atoms in total. The molecule has 0 unspecified atom stereocenters. The highest BCUT2D eigenvalue weighted by atomic mass is 35.5. The van der Waals surface area contributed by atoms with E-state index < -0.39 is 5.24 Å². The second-order valence-corrected chi connectivity index (χ2v) is 3.98. The van der Waals surface area contributed by atoms with Crippen LogP contribution in [-0.2, 0) is 0 Å². The maximum absolute atomic E-state index is 11.2. The van der Waals surface area contributed by atoms with E-state index in [9.17, 15) is 4.79 Å². The van der Waals surface area contributed by atoms with Gasteiger partial charge in [0.15, 0.2) is 0 Å². The summed E-state index contributed by atoms with van der Waals surface area (Å²) in [6, 6.07) is 13.1. The van der Waals surface area contributed by atoms with Crippen molar-refractivity contribution in [1.82, 2.24) is 4.57 Å². The van der Waals surface area contributed by atoms with Crippen molar-refractivity contribution in [1.29, 1.82) is 5.26 Å². The third-order valence-electron chi connectivity index (χ3n) is 2.41. The Balaban J connectivity index is 2.34. The van der Waals surface area contributed by atoms with Gasteiger partial charge in [-0.15, -0.1) is 0 Å². The SMILES string of the molecule is N#Cc1cc(C(=O)Cl)n(C=Cc2ccccc2)c1. The van der Waals surface area contributed by atoms with E-state index in [4.69, 9.17) is 16.9 Å². The number of carbonyl (C=O) groups is 1. The molecule has 2 aromatic rings. The summed E-state index contributed by atoms with van der Waals surface area (Å²) < 4.78 is 1.54. The van der Waals surface area contributed by atoms with Crippen LogP contribution in [0.15, 0.2) is 42.6 Å². The van der Waals surface area contributed by atoms with Gasteiger partial charge in [0, 0.05) is 12.4 Å². The molecule has 0 amide bonds. The number of rotatable bonds is 3. The number of halogens is 1. The Morgan fingerprint density at radius 2 is 2.06 bits per heavy atom. The number of nitrogens with zero attached hydrogens (tertiary/aromatic N) is 2. The van der Waals surface area contributed by atoms with Gasteiger partial charge in [-0.3, -0.25) is 4.79 Å². The highest BCUT2D eigenvalue weighted by Crippen LogP contribution is 2.12. The lowest BCUT2D eigenvalue weighted by molar-refractivity contribution is 0.107. The normalized spacial score (nSPS) is 10.4. The Morgan fingerprint density at radius 1 is 1.33 bits per heavy atom. The molecule has 1 aromatic heterocycles. The molecule has 0 radical (unpaired) electrons. The number of nitriles is 1. The first-order valence-electron chi connectivity index (χ1n) is 5.26. The van der Waals surface area contributed by atoms with Crippen LogP contribution in [0.4, 0.5) is 0 Å². The van der Waals surface area contributed by atoms with E-state index in [1.165, 1.54) is 6.07 Å². The number of benzene rings is 1. The maximum Gasteiger partial charge on any atom is 0.269 e. The van der Waals surface area contributed by atoms with Crippen molar-refractivity contribution in [3.05, 3.63) is 59.4 Å². The molecule has 0 N–H and O–H groups in total. The molecule has 0 aliphatic heterocycles. The summed E-state index contributed by atoms with van der Waals surface area (Å²) in [4.78, 5) is 11.2. The fraction of sp³-hybridized carbons (Fsp3) is 0. The van der Waals surface area contributed by atoms with E-state index in [2.05, 4.69) is 0 Å². The largest absolute Gasteiger partial charge is 0.318 e. The molecular formula is C14H9ClN2O. The van der Waals surface area contributed by atoms with Gasteiger partial charge < -0.3 is 4.57 Å². The first-order valence-corrected chi connectivity index (χ1v) is 5.63. The molecule has 0 atom stereocenters. The molecular weight excluding hydrogens is 248 g/mol. The van der Waals surface area contributed by atoms with E-state index in [0.717, 1.165) is 5.56 Å². The molecule has 0 bridgehead atoms. The lowest BCUT2D eigenvalue weighted by Crippen LogP contribution is -1.96. The van der Waals surface area contributed by atoms with Crippen molar-refractivity contribution < 1.29 is 4.79 Å². The molecule has 2 rings (SSSR count). The quantitative estimate of drug-likeness (QED) is 0.791. The summed E-state index contributed by atoms with van der Waals surface area (Å²) in [5, 5.41) is 8.21. The Hall–Kier alpha value is -2.31. The van der Waals surface area contributed by atoms with Gasteiger partial charge in [0.1, 0.15) is 11.8 Å². The van der Waals surface area contributed by atoms with Crippen molar-refractivity contribution in [3.8, 4) is 6.07 Å². The van der Waals surface area contributed by atoms with Gasteiger partial charge in [0.2, 0.25) is 0 Å². The van der Waals surface area contributed by atoms with E-state index in [0.29, 0.717) is 5.56 Å². The fourth-order valence-corrected chi connectivity index (χ4v) is 1.70. The summed E-state index contributed by atoms with van der Waals surface area (Å²) in [5.41, 5.74) is 1.68. The van der Waals surface area contributed by atoms with Crippen LogP contribution in [0, 0.1) is 11.3 Å². The molecule has 4 heteroatoms. The van der Waals surface area contributed by atoms with Crippen molar-refractivity contribution in [2.75, 3.05) is 0 Å². The highest BCUT2D eigenvalue weighted by Gasteiger charge is 2.09. The zero-order chi connectivity index (χ0) is 13.0.